The van der Waals surface area contributed by atoms with Crippen LogP contribution in [0.2, 0.25) is 0 Å². The van der Waals surface area contributed by atoms with Gasteiger partial charge >= 0.3 is 0 Å². The Morgan fingerprint density at radius 2 is 1.40 bits per heavy atom. The zero-order chi connectivity index (χ0) is 30.6. The predicted molar refractivity (Wildman–Crippen MR) is 153 cm³/mol. The second-order valence-corrected chi connectivity index (χ2v) is 13.5. The zero-order valence-electron chi connectivity index (χ0n) is 24.6. The van der Waals surface area contributed by atoms with Crippen LogP contribution in [-0.2, 0) is 15.6 Å². The fraction of sp³-hybridized carbons (Fsp3) is 0.500. The number of hydrogen-bond acceptors (Lipinski definition) is 6. The van der Waals surface area contributed by atoms with E-state index >= 15 is 0 Å². The van der Waals surface area contributed by atoms with Crippen molar-refractivity contribution in [1.29, 1.82) is 0 Å². The molecule has 1 aromatic heterocycles. The number of nitrogens with zero attached hydrogens (tertiary/aromatic N) is 5. The van der Waals surface area contributed by atoms with E-state index in [0.717, 1.165) is 27.8 Å². The van der Waals surface area contributed by atoms with E-state index in [0.29, 0.717) is 16.1 Å². The Morgan fingerprint density at radius 1 is 0.857 bits per heavy atom. The topological polar surface area (TPSA) is 109 Å². The van der Waals surface area contributed by atoms with E-state index < -0.39 is 34.4 Å². The first kappa shape index (κ1) is 30.2. The van der Waals surface area contributed by atoms with Gasteiger partial charge < -0.3 is 10.0 Å². The van der Waals surface area contributed by atoms with Gasteiger partial charge in [-0.3, -0.25) is 4.79 Å². The van der Waals surface area contributed by atoms with Gasteiger partial charge in [-0.2, -0.15) is 4.31 Å². The number of halogens is 2. The second kappa shape index (κ2) is 10.8. The number of amides is 1. The summed E-state index contributed by atoms with van der Waals surface area (Å²) in [7, 11) is -3.77. The first-order valence-corrected chi connectivity index (χ1v) is 15.6. The molecule has 9 nitrogen and oxygen atoms in total. The van der Waals surface area contributed by atoms with Gasteiger partial charge in [0, 0.05) is 39.0 Å². The summed E-state index contributed by atoms with van der Waals surface area (Å²) in [5, 5.41) is 19.2. The maximum atomic E-state index is 13.8. The number of sulfonamides is 1. The Hall–Kier alpha value is -3.22. The average Bonchev–Trinajstić information content (AvgIpc) is 3.48. The number of hydrogen-bond donors (Lipinski definition) is 1. The van der Waals surface area contributed by atoms with Crippen LogP contribution in [0.4, 0.5) is 8.78 Å². The zero-order valence-corrected chi connectivity index (χ0v) is 25.4. The first-order chi connectivity index (χ1) is 19.7. The summed E-state index contributed by atoms with van der Waals surface area (Å²) in [4.78, 5) is 15.6. The highest BCUT2D eigenvalue weighted by molar-refractivity contribution is 7.89. The van der Waals surface area contributed by atoms with Crippen molar-refractivity contribution in [2.24, 2.45) is 0 Å². The molecule has 2 heterocycles. The Balaban J connectivity index is 1.34. The highest BCUT2D eigenvalue weighted by atomic mass is 32.2. The molecule has 3 aromatic rings. The van der Waals surface area contributed by atoms with Gasteiger partial charge in [0.05, 0.1) is 22.3 Å². The fourth-order valence-corrected chi connectivity index (χ4v) is 8.00. The van der Waals surface area contributed by atoms with Crippen molar-refractivity contribution >= 4 is 15.9 Å². The second-order valence-electron chi connectivity index (χ2n) is 11.6. The number of carbonyl (C=O) groups is 1. The number of aliphatic hydroxyl groups is 1. The number of alkyl halides is 2. The lowest BCUT2D eigenvalue weighted by Gasteiger charge is -2.35. The largest absolute Gasteiger partial charge is 0.383 e. The molecule has 5 rings (SSSR count). The molecule has 1 N–H and O–H groups in total. The minimum absolute atomic E-state index is 0.132. The summed E-state index contributed by atoms with van der Waals surface area (Å²) in [6.45, 7) is 10.3. The van der Waals surface area contributed by atoms with Crippen LogP contribution >= 0.6 is 0 Å². The molecule has 0 spiro atoms. The summed E-state index contributed by atoms with van der Waals surface area (Å²) < 4.78 is 57.7. The van der Waals surface area contributed by atoms with E-state index in [1.54, 1.807) is 29.2 Å². The van der Waals surface area contributed by atoms with Crippen molar-refractivity contribution in [3.63, 3.8) is 0 Å². The minimum Gasteiger partial charge on any atom is -0.383 e. The third-order valence-corrected chi connectivity index (χ3v) is 11.4. The van der Waals surface area contributed by atoms with E-state index in [1.165, 1.54) is 15.2 Å². The summed E-state index contributed by atoms with van der Waals surface area (Å²) >= 11 is 0. The quantitative estimate of drug-likeness (QED) is 0.466. The first-order valence-electron chi connectivity index (χ1n) is 14.1. The lowest BCUT2D eigenvalue weighted by atomic mass is 9.81. The summed E-state index contributed by atoms with van der Waals surface area (Å²) in [5.41, 5.74) is 3.97. The molecule has 42 heavy (non-hydrogen) atoms. The Labute approximate surface area is 245 Å². The third-order valence-electron chi connectivity index (χ3n) is 9.22. The van der Waals surface area contributed by atoms with Gasteiger partial charge in [-0.15, -0.1) is 5.10 Å². The molecular formula is C30H37F2N5O4S. The standard InChI is InChI=1S/C30H37F2N5O4S/c1-19-20(2)22(4)27(23(5)21(19)3)42(40,41)36-16-14-35(15-17-36)28(38)24-8-6-7-9-25(24)37-18-26(33-34-37)29(39)10-12-30(31,32)13-11-29/h6-9,18,39H,10-17H2,1-5H3. The number of rotatable bonds is 5. The molecule has 12 heteroatoms. The maximum Gasteiger partial charge on any atom is 0.256 e. The van der Waals surface area contributed by atoms with Crippen molar-refractivity contribution in [1.82, 2.24) is 24.2 Å². The van der Waals surface area contributed by atoms with Crippen molar-refractivity contribution < 1.29 is 27.1 Å². The van der Waals surface area contributed by atoms with Crippen LogP contribution in [0.3, 0.4) is 0 Å². The molecule has 0 radical (unpaired) electrons. The van der Waals surface area contributed by atoms with Gasteiger partial charge in [-0.1, -0.05) is 17.3 Å². The van der Waals surface area contributed by atoms with Gasteiger partial charge in [0.15, 0.2) is 0 Å². The molecule has 0 bridgehead atoms. The molecule has 2 aromatic carbocycles. The SMILES string of the molecule is Cc1c(C)c(C)c(S(=O)(=O)N2CCN(C(=O)c3ccccc3-n3cc(C4(O)CCC(F)(F)CC4)nn3)CC2)c(C)c1C. The fourth-order valence-electron chi connectivity index (χ4n) is 6.02. The molecule has 2 aliphatic rings. The summed E-state index contributed by atoms with van der Waals surface area (Å²) in [6.07, 6.45) is 0.349. The number of carbonyl (C=O) groups excluding carboxylic acids is 1. The molecule has 1 saturated heterocycles. The average molecular weight is 602 g/mol. The Kier molecular flexibility index (Phi) is 7.78. The molecule has 1 saturated carbocycles. The normalized spacial score (nSPS) is 19.2. The summed E-state index contributed by atoms with van der Waals surface area (Å²) in [6, 6.07) is 6.81. The molecule has 2 fully saturated rings. The van der Waals surface area contributed by atoms with Gasteiger partial charge in [-0.05, 0) is 87.4 Å². The smallest absolute Gasteiger partial charge is 0.256 e. The van der Waals surface area contributed by atoms with Crippen LogP contribution < -0.4 is 0 Å². The molecule has 0 unspecified atom stereocenters. The van der Waals surface area contributed by atoms with E-state index in [2.05, 4.69) is 10.3 Å². The van der Waals surface area contributed by atoms with Gasteiger partial charge in [-0.25, -0.2) is 21.9 Å². The van der Waals surface area contributed by atoms with Gasteiger partial charge in [0.2, 0.25) is 15.9 Å². The number of piperazine rings is 1. The third kappa shape index (κ3) is 5.24. The highest BCUT2D eigenvalue weighted by Crippen LogP contribution is 2.43. The number of benzene rings is 2. The molecule has 1 aliphatic carbocycles. The monoisotopic (exact) mass is 601 g/mol. The van der Waals surface area contributed by atoms with Crippen LogP contribution in [0.1, 0.15) is 69.6 Å². The van der Waals surface area contributed by atoms with Crippen LogP contribution in [0.25, 0.3) is 5.69 Å². The maximum absolute atomic E-state index is 13.8. The van der Waals surface area contributed by atoms with Gasteiger partial charge in [0.1, 0.15) is 11.3 Å². The van der Waals surface area contributed by atoms with Crippen molar-refractivity contribution in [3.05, 3.63) is 69.5 Å². The Morgan fingerprint density at radius 3 is 2.00 bits per heavy atom. The molecule has 1 amide bonds. The van der Waals surface area contributed by atoms with Crippen LogP contribution in [-0.4, -0.2) is 75.7 Å². The highest BCUT2D eigenvalue weighted by Gasteiger charge is 2.45. The van der Waals surface area contributed by atoms with Crippen LogP contribution in [0, 0.1) is 34.6 Å². The van der Waals surface area contributed by atoms with Crippen molar-refractivity contribution in [2.45, 2.75) is 76.7 Å². The van der Waals surface area contributed by atoms with Crippen molar-refractivity contribution in [3.8, 4) is 5.69 Å². The molecule has 0 atom stereocenters. The van der Waals surface area contributed by atoms with E-state index in [9.17, 15) is 27.1 Å². The number of aromatic nitrogens is 3. The van der Waals surface area contributed by atoms with E-state index in [-0.39, 0.29) is 50.6 Å². The lowest BCUT2D eigenvalue weighted by molar-refractivity contribution is -0.108. The predicted octanol–water partition coefficient (Wildman–Crippen LogP) is 4.35. The molecule has 226 valence electrons. The molecular weight excluding hydrogens is 564 g/mol. The van der Waals surface area contributed by atoms with E-state index in [1.807, 2.05) is 34.6 Å². The number of para-hydroxylation sites is 1. The van der Waals surface area contributed by atoms with E-state index in [4.69, 9.17) is 0 Å². The minimum atomic E-state index is -3.77. The lowest BCUT2D eigenvalue weighted by Crippen LogP contribution is -2.50. The van der Waals surface area contributed by atoms with Crippen LogP contribution in [0.15, 0.2) is 35.4 Å². The van der Waals surface area contributed by atoms with Crippen molar-refractivity contribution in [2.75, 3.05) is 26.2 Å². The van der Waals surface area contributed by atoms with Gasteiger partial charge in [0.25, 0.3) is 5.91 Å². The summed E-state index contributed by atoms with van der Waals surface area (Å²) in [5.74, 6) is -3.09. The Bertz CT molecular complexity index is 1610. The molecule has 1 aliphatic heterocycles. The van der Waals surface area contributed by atoms with Crippen LogP contribution in [0.5, 0.6) is 0 Å².